The minimum Gasteiger partial charge on any atom is -0.373 e. The van der Waals surface area contributed by atoms with Crippen molar-refractivity contribution in [3.05, 3.63) is 29.1 Å². The molecule has 31 heavy (non-hydrogen) atoms. The van der Waals surface area contributed by atoms with Gasteiger partial charge in [0, 0.05) is 20.1 Å². The minimum absolute atomic E-state index is 0.189. The van der Waals surface area contributed by atoms with E-state index in [9.17, 15) is 14.7 Å². The average molecular weight is 432 g/mol. The van der Waals surface area contributed by atoms with Crippen molar-refractivity contribution < 1.29 is 14.7 Å². The fourth-order valence-electron chi connectivity index (χ4n) is 4.15. The summed E-state index contributed by atoms with van der Waals surface area (Å²) < 4.78 is 1.55. The first-order chi connectivity index (χ1) is 14.7. The molecule has 2 heterocycles. The van der Waals surface area contributed by atoms with Crippen molar-refractivity contribution in [3.8, 4) is 0 Å². The molecule has 3 rings (SSSR count). The summed E-state index contributed by atoms with van der Waals surface area (Å²) in [5.41, 5.74) is 1.20. The summed E-state index contributed by atoms with van der Waals surface area (Å²) in [5, 5.41) is 21.0. The summed E-state index contributed by atoms with van der Waals surface area (Å²) in [4.78, 5) is 27.3. The maximum absolute atomic E-state index is 13.0. The Balaban J connectivity index is 1.64. The highest BCUT2D eigenvalue weighted by Gasteiger charge is 2.46. The quantitative estimate of drug-likeness (QED) is 0.412. The van der Waals surface area contributed by atoms with Crippen molar-refractivity contribution in [1.82, 2.24) is 25.3 Å². The van der Waals surface area contributed by atoms with Crippen LogP contribution in [0.1, 0.15) is 81.7 Å². The van der Waals surface area contributed by atoms with E-state index in [4.69, 9.17) is 0 Å². The molecule has 8 heteroatoms. The number of carbonyl (C=O) groups excluding carboxylic acids is 2. The third-order valence-electron chi connectivity index (χ3n) is 6.47. The number of nitrogens with zero attached hydrogens (tertiary/aromatic N) is 3. The van der Waals surface area contributed by atoms with Crippen molar-refractivity contribution in [1.29, 1.82) is 0 Å². The van der Waals surface area contributed by atoms with Gasteiger partial charge in [-0.25, -0.2) is 0 Å². The van der Waals surface area contributed by atoms with Crippen LogP contribution in [0.15, 0.2) is 17.7 Å². The van der Waals surface area contributed by atoms with Crippen LogP contribution in [-0.4, -0.2) is 57.3 Å². The summed E-state index contributed by atoms with van der Waals surface area (Å²) in [6.45, 7) is 7.44. The number of nitrogens with one attached hydrogen (secondary N) is 2. The molecular weight excluding hydrogens is 394 g/mol. The molecule has 0 saturated carbocycles. The number of rotatable bonds is 9. The summed E-state index contributed by atoms with van der Waals surface area (Å²) >= 11 is 0. The maximum atomic E-state index is 13.0. The van der Waals surface area contributed by atoms with Gasteiger partial charge in [0.2, 0.25) is 5.91 Å². The van der Waals surface area contributed by atoms with Crippen LogP contribution in [0.25, 0.3) is 0 Å². The van der Waals surface area contributed by atoms with Crippen LogP contribution in [0.5, 0.6) is 0 Å². The normalized spacial score (nSPS) is 22.3. The zero-order valence-electron chi connectivity index (χ0n) is 19.3. The molecule has 3 N–H and O–H groups in total. The molecule has 1 aliphatic carbocycles. The van der Waals surface area contributed by atoms with Crippen molar-refractivity contribution in [2.24, 2.45) is 5.92 Å². The molecule has 0 aromatic carbocycles. The second kappa shape index (κ2) is 9.96. The van der Waals surface area contributed by atoms with Crippen molar-refractivity contribution >= 4 is 11.8 Å². The third-order valence-corrected chi connectivity index (χ3v) is 6.47. The van der Waals surface area contributed by atoms with E-state index in [1.807, 2.05) is 0 Å². The molecule has 2 atom stereocenters. The van der Waals surface area contributed by atoms with Crippen LogP contribution in [0.4, 0.5) is 0 Å². The smallest absolute Gasteiger partial charge is 0.272 e. The van der Waals surface area contributed by atoms with Gasteiger partial charge in [-0.1, -0.05) is 25.5 Å². The fourth-order valence-corrected chi connectivity index (χ4v) is 4.15. The summed E-state index contributed by atoms with van der Waals surface area (Å²) in [6.07, 6.45) is 7.91. The van der Waals surface area contributed by atoms with Crippen molar-refractivity contribution in [2.45, 2.75) is 77.6 Å². The van der Waals surface area contributed by atoms with Gasteiger partial charge in [0.15, 0.2) is 0 Å². The van der Waals surface area contributed by atoms with E-state index in [1.165, 1.54) is 23.3 Å². The number of allylic oxidation sites excluding steroid dienone is 1. The van der Waals surface area contributed by atoms with Crippen LogP contribution < -0.4 is 10.6 Å². The first-order valence-electron chi connectivity index (χ1n) is 11.5. The highest BCUT2D eigenvalue weighted by atomic mass is 16.3. The molecule has 2 unspecified atom stereocenters. The molecule has 0 fully saturated rings. The van der Waals surface area contributed by atoms with Gasteiger partial charge >= 0.3 is 0 Å². The van der Waals surface area contributed by atoms with E-state index < -0.39 is 11.8 Å². The number of likely N-dealkylation sites (N-methyl/N-ethyl adjacent to an activating group) is 1. The zero-order chi connectivity index (χ0) is 22.6. The Labute approximate surface area is 185 Å². The Morgan fingerprint density at radius 1 is 1.32 bits per heavy atom. The van der Waals surface area contributed by atoms with E-state index >= 15 is 0 Å². The predicted octanol–water partition coefficient (Wildman–Crippen LogP) is 2.36. The predicted molar refractivity (Wildman–Crippen MR) is 119 cm³/mol. The van der Waals surface area contributed by atoms with E-state index in [-0.39, 0.29) is 18.4 Å². The first-order valence-corrected chi connectivity index (χ1v) is 11.5. The Hall–Kier alpha value is -2.19. The lowest BCUT2D eigenvalue weighted by Gasteiger charge is -2.40. The average Bonchev–Trinajstić information content (AvgIpc) is 3.16. The second-order valence-electron chi connectivity index (χ2n) is 9.40. The lowest BCUT2D eigenvalue weighted by atomic mass is 9.95. The monoisotopic (exact) mass is 431 g/mol. The topological polar surface area (TPSA) is 99.5 Å². The number of aliphatic hydroxyl groups excluding tert-OH is 1. The molecule has 8 nitrogen and oxygen atoms in total. The van der Waals surface area contributed by atoms with Gasteiger partial charge in [-0.3, -0.25) is 19.6 Å². The number of hydrogen-bond donors (Lipinski definition) is 3. The molecule has 0 radical (unpaired) electrons. The van der Waals surface area contributed by atoms with Gasteiger partial charge in [0.05, 0.1) is 6.54 Å². The summed E-state index contributed by atoms with van der Waals surface area (Å²) in [6, 6.07) is 1.62. The molecule has 1 aliphatic heterocycles. The minimum atomic E-state index is -1.03. The molecule has 0 saturated heterocycles. The Morgan fingerprint density at radius 2 is 2.10 bits per heavy atom. The standard InChI is InChI=1S/C23H37N5O3/c1-16(2)10-12-25-22(31)23(3)15-28-19(21(30)27(23)4)14-18(26-28)20(29)24-13-11-17-8-6-5-7-9-17/h8,14,16,20,24,29H,5-7,9-13,15H2,1-4H3,(H,25,31). The maximum Gasteiger partial charge on any atom is 0.272 e. The van der Waals surface area contributed by atoms with E-state index in [0.717, 1.165) is 25.7 Å². The van der Waals surface area contributed by atoms with Gasteiger partial charge in [0.1, 0.15) is 23.2 Å². The Bertz CT molecular complexity index is 831. The van der Waals surface area contributed by atoms with Gasteiger partial charge in [-0.2, -0.15) is 5.10 Å². The molecule has 172 valence electrons. The van der Waals surface area contributed by atoms with Crippen LogP contribution >= 0.6 is 0 Å². The summed E-state index contributed by atoms with van der Waals surface area (Å²) in [7, 11) is 1.65. The molecule has 2 amide bonds. The molecule has 1 aromatic rings. The van der Waals surface area contributed by atoms with Gasteiger partial charge in [0.25, 0.3) is 5.91 Å². The van der Waals surface area contributed by atoms with E-state index in [1.54, 1.807) is 24.7 Å². The van der Waals surface area contributed by atoms with Crippen LogP contribution in [0, 0.1) is 5.92 Å². The number of carbonyl (C=O) groups is 2. The van der Waals surface area contributed by atoms with Crippen LogP contribution in [-0.2, 0) is 11.3 Å². The number of aliphatic hydroxyl groups is 1. The van der Waals surface area contributed by atoms with Crippen LogP contribution in [0.2, 0.25) is 0 Å². The zero-order valence-corrected chi connectivity index (χ0v) is 19.3. The molecule has 0 bridgehead atoms. The SMILES string of the molecule is CC(C)CCNC(=O)C1(C)Cn2nc(C(O)NCCC3=CCCCC3)cc2C(=O)N1C. The van der Waals surface area contributed by atoms with E-state index in [0.29, 0.717) is 30.4 Å². The van der Waals surface area contributed by atoms with Crippen molar-refractivity contribution in [3.63, 3.8) is 0 Å². The number of hydrogen-bond acceptors (Lipinski definition) is 5. The van der Waals surface area contributed by atoms with Crippen LogP contribution in [0.3, 0.4) is 0 Å². The highest BCUT2D eigenvalue weighted by Crippen LogP contribution is 2.27. The van der Waals surface area contributed by atoms with Crippen molar-refractivity contribution in [2.75, 3.05) is 20.1 Å². The van der Waals surface area contributed by atoms with E-state index in [2.05, 4.69) is 35.7 Å². The highest BCUT2D eigenvalue weighted by molar-refractivity contribution is 5.99. The lowest BCUT2D eigenvalue weighted by molar-refractivity contribution is -0.132. The Kier molecular flexibility index (Phi) is 7.54. The second-order valence-corrected chi connectivity index (χ2v) is 9.40. The number of aromatic nitrogens is 2. The number of amides is 2. The first kappa shape index (κ1) is 23.5. The third kappa shape index (κ3) is 5.36. The fraction of sp³-hybridized carbons (Fsp3) is 0.696. The van der Waals surface area contributed by atoms with Gasteiger partial charge in [-0.05, 0) is 57.4 Å². The number of fused-ring (bicyclic) bond motifs is 1. The van der Waals surface area contributed by atoms with Gasteiger partial charge < -0.3 is 15.3 Å². The molecule has 1 aromatic heterocycles. The lowest BCUT2D eigenvalue weighted by Crippen LogP contribution is -2.62. The largest absolute Gasteiger partial charge is 0.373 e. The summed E-state index contributed by atoms with van der Waals surface area (Å²) in [5.74, 6) is 0.0275. The molecular formula is C23H37N5O3. The molecule has 0 spiro atoms. The van der Waals surface area contributed by atoms with Gasteiger partial charge in [-0.15, -0.1) is 0 Å². The molecule has 2 aliphatic rings. The Morgan fingerprint density at radius 3 is 2.77 bits per heavy atom.